The number of fused-ring (bicyclic) bond motifs is 1. The van der Waals surface area contributed by atoms with E-state index in [0.29, 0.717) is 12.1 Å². The van der Waals surface area contributed by atoms with E-state index in [0.717, 1.165) is 25.9 Å². The van der Waals surface area contributed by atoms with E-state index in [1.165, 1.54) is 22.9 Å². The van der Waals surface area contributed by atoms with Gasteiger partial charge in [-0.2, -0.15) is 5.10 Å². The van der Waals surface area contributed by atoms with E-state index in [9.17, 15) is 4.79 Å². The Morgan fingerprint density at radius 3 is 2.76 bits per heavy atom. The quantitative estimate of drug-likeness (QED) is 0.916. The van der Waals surface area contributed by atoms with Crippen molar-refractivity contribution in [2.75, 3.05) is 20.1 Å². The first-order chi connectivity index (χ1) is 10.1. The van der Waals surface area contributed by atoms with Gasteiger partial charge in [0, 0.05) is 19.3 Å². The molecule has 5 nitrogen and oxygen atoms in total. The minimum atomic E-state index is -0.439. The number of hydrogen-bond donors (Lipinski definition) is 1. The van der Waals surface area contributed by atoms with Gasteiger partial charge in [-0.1, -0.05) is 18.2 Å². The Bertz CT molecular complexity index is 662. The lowest BCUT2D eigenvalue weighted by Crippen LogP contribution is -2.20. The van der Waals surface area contributed by atoms with Crippen LogP contribution in [0.3, 0.4) is 0 Å². The van der Waals surface area contributed by atoms with Gasteiger partial charge in [0.15, 0.2) is 0 Å². The number of amides is 1. The number of aromatic nitrogens is 2. The average Bonchev–Trinajstić information content (AvgIpc) is 2.84. The molecule has 0 unspecified atom stereocenters. The Kier molecular flexibility index (Phi) is 3.75. The van der Waals surface area contributed by atoms with Crippen LogP contribution >= 0.6 is 0 Å². The second kappa shape index (κ2) is 5.69. The fourth-order valence-corrected chi connectivity index (χ4v) is 2.75. The predicted molar refractivity (Wildman–Crippen MR) is 81.2 cm³/mol. The molecule has 0 saturated heterocycles. The summed E-state index contributed by atoms with van der Waals surface area (Å²) < 4.78 is 1.75. The van der Waals surface area contributed by atoms with Gasteiger partial charge in [0.05, 0.1) is 18.3 Å². The average molecular weight is 284 g/mol. The van der Waals surface area contributed by atoms with Crippen molar-refractivity contribution in [1.29, 1.82) is 0 Å². The second-order valence-electron chi connectivity index (χ2n) is 5.70. The van der Waals surface area contributed by atoms with Crippen LogP contribution in [0.15, 0.2) is 30.6 Å². The summed E-state index contributed by atoms with van der Waals surface area (Å²) in [6, 6.07) is 6.64. The summed E-state index contributed by atoms with van der Waals surface area (Å²) in [4.78, 5) is 13.5. The Morgan fingerprint density at radius 2 is 2.05 bits per heavy atom. The molecule has 1 aromatic carbocycles. The molecular formula is C16H20N4O. The first-order valence-electron chi connectivity index (χ1n) is 7.23. The molecule has 0 aliphatic carbocycles. The normalized spacial score (nSPS) is 15.5. The summed E-state index contributed by atoms with van der Waals surface area (Å²) in [5.41, 5.74) is 9.78. The molecule has 0 radical (unpaired) electrons. The SMILES string of the molecule is CN1CCc2ccc(Cn3cc(C(N)=O)cn3)cc2CC1. The maximum absolute atomic E-state index is 11.1. The Morgan fingerprint density at radius 1 is 1.29 bits per heavy atom. The monoisotopic (exact) mass is 284 g/mol. The van der Waals surface area contributed by atoms with Crippen LogP contribution in [-0.4, -0.2) is 40.7 Å². The van der Waals surface area contributed by atoms with E-state index in [-0.39, 0.29) is 0 Å². The summed E-state index contributed by atoms with van der Waals surface area (Å²) in [5, 5.41) is 4.18. The van der Waals surface area contributed by atoms with Crippen molar-refractivity contribution >= 4 is 5.91 Å². The lowest BCUT2D eigenvalue weighted by Gasteiger charge is -2.10. The molecule has 1 aliphatic heterocycles. The highest BCUT2D eigenvalue weighted by Crippen LogP contribution is 2.18. The van der Waals surface area contributed by atoms with Gasteiger partial charge in [-0.25, -0.2) is 0 Å². The largest absolute Gasteiger partial charge is 0.366 e. The van der Waals surface area contributed by atoms with Crippen molar-refractivity contribution in [3.8, 4) is 0 Å². The lowest BCUT2D eigenvalue weighted by molar-refractivity contribution is 0.1000. The molecule has 0 saturated carbocycles. The van der Waals surface area contributed by atoms with E-state index >= 15 is 0 Å². The fourth-order valence-electron chi connectivity index (χ4n) is 2.75. The molecular weight excluding hydrogens is 264 g/mol. The van der Waals surface area contributed by atoms with E-state index in [1.807, 2.05) is 0 Å². The van der Waals surface area contributed by atoms with Gasteiger partial charge >= 0.3 is 0 Å². The number of nitrogens with zero attached hydrogens (tertiary/aromatic N) is 3. The van der Waals surface area contributed by atoms with Crippen molar-refractivity contribution in [3.05, 3.63) is 52.8 Å². The third-order valence-electron chi connectivity index (χ3n) is 4.06. The van der Waals surface area contributed by atoms with E-state index < -0.39 is 5.91 Å². The summed E-state index contributed by atoms with van der Waals surface area (Å²) in [7, 11) is 2.17. The maximum atomic E-state index is 11.1. The number of likely N-dealkylation sites (N-methyl/N-ethyl adjacent to an activating group) is 1. The van der Waals surface area contributed by atoms with Crippen LogP contribution < -0.4 is 5.73 Å². The number of nitrogens with two attached hydrogens (primary N) is 1. The van der Waals surface area contributed by atoms with Crippen molar-refractivity contribution in [2.45, 2.75) is 19.4 Å². The molecule has 110 valence electrons. The predicted octanol–water partition coefficient (Wildman–Crippen LogP) is 1.06. The Labute approximate surface area is 124 Å². The number of rotatable bonds is 3. The minimum Gasteiger partial charge on any atom is -0.366 e. The van der Waals surface area contributed by atoms with Crippen LogP contribution in [0.5, 0.6) is 0 Å². The maximum Gasteiger partial charge on any atom is 0.251 e. The van der Waals surface area contributed by atoms with Crippen LogP contribution in [0, 0.1) is 0 Å². The molecule has 21 heavy (non-hydrogen) atoms. The van der Waals surface area contributed by atoms with E-state index in [2.05, 4.69) is 35.2 Å². The van der Waals surface area contributed by atoms with Gasteiger partial charge in [0.2, 0.25) is 0 Å². The highest BCUT2D eigenvalue weighted by molar-refractivity contribution is 5.92. The molecule has 1 aromatic heterocycles. The Hall–Kier alpha value is -2.14. The van der Waals surface area contributed by atoms with Crippen LogP contribution in [0.2, 0.25) is 0 Å². The van der Waals surface area contributed by atoms with Gasteiger partial charge in [-0.05, 0) is 36.6 Å². The zero-order chi connectivity index (χ0) is 14.8. The van der Waals surface area contributed by atoms with Crippen LogP contribution in [0.4, 0.5) is 0 Å². The van der Waals surface area contributed by atoms with Gasteiger partial charge in [-0.3, -0.25) is 9.48 Å². The lowest BCUT2D eigenvalue weighted by atomic mass is 10.00. The summed E-state index contributed by atoms with van der Waals surface area (Å²) >= 11 is 0. The van der Waals surface area contributed by atoms with Crippen molar-refractivity contribution in [2.24, 2.45) is 5.73 Å². The van der Waals surface area contributed by atoms with Crippen LogP contribution in [-0.2, 0) is 19.4 Å². The second-order valence-corrected chi connectivity index (χ2v) is 5.70. The molecule has 0 atom stereocenters. The standard InChI is InChI=1S/C16H20N4O/c1-19-6-4-13-3-2-12(8-14(13)5-7-19)10-20-11-15(9-18-20)16(17)21/h2-3,8-9,11H,4-7,10H2,1H3,(H2,17,21). The number of carbonyl (C=O) groups is 1. The van der Waals surface area contributed by atoms with Gasteiger partial charge in [0.25, 0.3) is 5.91 Å². The zero-order valence-corrected chi connectivity index (χ0v) is 12.2. The highest BCUT2D eigenvalue weighted by Gasteiger charge is 2.12. The third kappa shape index (κ3) is 3.13. The van der Waals surface area contributed by atoms with Crippen molar-refractivity contribution < 1.29 is 4.79 Å². The molecule has 2 heterocycles. The molecule has 0 bridgehead atoms. The molecule has 2 aromatic rings. The molecule has 3 rings (SSSR count). The molecule has 0 spiro atoms. The van der Waals surface area contributed by atoms with Crippen molar-refractivity contribution in [3.63, 3.8) is 0 Å². The molecule has 2 N–H and O–H groups in total. The molecule has 0 fully saturated rings. The summed E-state index contributed by atoms with van der Waals surface area (Å²) in [6.07, 6.45) is 5.41. The minimum absolute atomic E-state index is 0.439. The first kappa shape index (κ1) is 13.8. The Balaban J connectivity index is 1.78. The smallest absolute Gasteiger partial charge is 0.251 e. The molecule has 1 aliphatic rings. The summed E-state index contributed by atoms with van der Waals surface area (Å²) in [6.45, 7) is 2.88. The number of carbonyl (C=O) groups excluding carboxylic acids is 1. The van der Waals surface area contributed by atoms with Crippen LogP contribution in [0.1, 0.15) is 27.0 Å². The zero-order valence-electron chi connectivity index (χ0n) is 12.2. The van der Waals surface area contributed by atoms with Crippen molar-refractivity contribution in [1.82, 2.24) is 14.7 Å². The third-order valence-corrected chi connectivity index (χ3v) is 4.06. The number of benzene rings is 1. The van der Waals surface area contributed by atoms with E-state index in [1.54, 1.807) is 10.9 Å². The van der Waals surface area contributed by atoms with Gasteiger partial charge in [-0.15, -0.1) is 0 Å². The van der Waals surface area contributed by atoms with Gasteiger partial charge < -0.3 is 10.6 Å². The first-order valence-corrected chi connectivity index (χ1v) is 7.23. The van der Waals surface area contributed by atoms with E-state index in [4.69, 9.17) is 5.73 Å². The molecule has 1 amide bonds. The summed E-state index contributed by atoms with van der Waals surface area (Å²) in [5.74, 6) is -0.439. The molecule has 5 heteroatoms. The highest BCUT2D eigenvalue weighted by atomic mass is 16.1. The fraction of sp³-hybridized carbons (Fsp3) is 0.375. The number of primary amides is 1. The number of hydrogen-bond acceptors (Lipinski definition) is 3. The topological polar surface area (TPSA) is 64.2 Å². The van der Waals surface area contributed by atoms with Crippen LogP contribution in [0.25, 0.3) is 0 Å². The van der Waals surface area contributed by atoms with Gasteiger partial charge in [0.1, 0.15) is 0 Å².